The summed E-state index contributed by atoms with van der Waals surface area (Å²) >= 11 is 0. The molecule has 1 amide bonds. The normalized spacial score (nSPS) is 10.6. The molecule has 0 atom stereocenters. The summed E-state index contributed by atoms with van der Waals surface area (Å²) in [5.41, 5.74) is 2.54. The van der Waals surface area contributed by atoms with E-state index in [1.807, 2.05) is 19.2 Å². The first-order valence-electron chi connectivity index (χ1n) is 9.71. The molecule has 0 fully saturated rings. The first-order chi connectivity index (χ1) is 13.0. The van der Waals surface area contributed by atoms with Gasteiger partial charge >= 0.3 is 0 Å². The number of benzene rings is 1. The molecule has 0 radical (unpaired) electrons. The number of amides is 1. The van der Waals surface area contributed by atoms with Crippen molar-refractivity contribution in [1.82, 2.24) is 14.9 Å². The van der Waals surface area contributed by atoms with E-state index in [0.717, 1.165) is 38.2 Å². The molecule has 0 aliphatic rings. The third-order valence-electron chi connectivity index (χ3n) is 4.52. The first kappa shape index (κ1) is 20.7. The number of nitrogens with one attached hydrogen (secondary N) is 1. The summed E-state index contributed by atoms with van der Waals surface area (Å²) in [6.45, 7) is 10.9. The third-order valence-corrected chi connectivity index (χ3v) is 4.52. The van der Waals surface area contributed by atoms with Crippen LogP contribution in [0, 0.1) is 6.92 Å². The minimum Gasteiger partial charge on any atom is -0.372 e. The summed E-state index contributed by atoms with van der Waals surface area (Å²) in [5, 5.41) is 3.28. The average Bonchev–Trinajstić information content (AvgIpc) is 2.67. The minimum atomic E-state index is -0.0751. The molecule has 1 heterocycles. The SMILES string of the molecule is CCCCN(C)C(=O)c1cc(Nc2ccc(N(CC)CC)cc2)nc(C)n1. The maximum Gasteiger partial charge on any atom is 0.272 e. The number of unbranched alkanes of at least 4 members (excludes halogenated alkanes) is 1. The molecular weight excluding hydrogens is 338 g/mol. The second-order valence-corrected chi connectivity index (χ2v) is 6.61. The minimum absolute atomic E-state index is 0.0751. The highest BCUT2D eigenvalue weighted by Crippen LogP contribution is 2.21. The Kier molecular flexibility index (Phi) is 7.58. The van der Waals surface area contributed by atoms with E-state index < -0.39 is 0 Å². The van der Waals surface area contributed by atoms with Gasteiger partial charge in [-0.3, -0.25) is 4.79 Å². The van der Waals surface area contributed by atoms with Crippen LogP contribution < -0.4 is 10.2 Å². The predicted octanol–water partition coefficient (Wildman–Crippen LogP) is 4.25. The number of hydrogen-bond acceptors (Lipinski definition) is 5. The topological polar surface area (TPSA) is 61.4 Å². The van der Waals surface area contributed by atoms with Gasteiger partial charge in [0.1, 0.15) is 17.3 Å². The van der Waals surface area contributed by atoms with Gasteiger partial charge in [0.25, 0.3) is 5.91 Å². The number of nitrogens with zero attached hydrogens (tertiary/aromatic N) is 4. The largest absolute Gasteiger partial charge is 0.372 e. The molecule has 27 heavy (non-hydrogen) atoms. The molecule has 0 aliphatic heterocycles. The summed E-state index contributed by atoms with van der Waals surface area (Å²) in [6, 6.07) is 9.96. The van der Waals surface area contributed by atoms with Crippen LogP contribution in [0.2, 0.25) is 0 Å². The highest BCUT2D eigenvalue weighted by Gasteiger charge is 2.15. The smallest absolute Gasteiger partial charge is 0.272 e. The van der Waals surface area contributed by atoms with Gasteiger partial charge in [0.2, 0.25) is 0 Å². The van der Waals surface area contributed by atoms with Crippen molar-refractivity contribution < 1.29 is 4.79 Å². The van der Waals surface area contributed by atoms with Crippen LogP contribution in [0.15, 0.2) is 30.3 Å². The molecule has 1 aromatic carbocycles. The van der Waals surface area contributed by atoms with E-state index in [1.54, 1.807) is 17.9 Å². The van der Waals surface area contributed by atoms with Crippen LogP contribution in [-0.2, 0) is 0 Å². The fraction of sp³-hybridized carbons (Fsp3) is 0.476. The molecule has 0 aliphatic carbocycles. The molecule has 0 saturated carbocycles. The van der Waals surface area contributed by atoms with Gasteiger partial charge in [-0.05, 0) is 51.5 Å². The molecular formula is C21H31N5O. The van der Waals surface area contributed by atoms with Crippen molar-refractivity contribution in [3.63, 3.8) is 0 Å². The quantitative estimate of drug-likeness (QED) is 0.716. The second-order valence-electron chi connectivity index (χ2n) is 6.61. The van der Waals surface area contributed by atoms with Crippen LogP contribution in [0.5, 0.6) is 0 Å². The fourth-order valence-corrected chi connectivity index (χ4v) is 2.93. The van der Waals surface area contributed by atoms with Crippen molar-refractivity contribution >= 4 is 23.1 Å². The number of carbonyl (C=O) groups is 1. The van der Waals surface area contributed by atoms with Crippen LogP contribution in [0.1, 0.15) is 49.9 Å². The number of hydrogen-bond donors (Lipinski definition) is 1. The van der Waals surface area contributed by atoms with Crippen molar-refractivity contribution in [2.75, 3.05) is 36.9 Å². The number of aryl methyl sites for hydroxylation is 1. The fourth-order valence-electron chi connectivity index (χ4n) is 2.93. The van der Waals surface area contributed by atoms with Gasteiger partial charge in [0, 0.05) is 44.1 Å². The van der Waals surface area contributed by atoms with Gasteiger partial charge in [-0.1, -0.05) is 13.3 Å². The zero-order valence-electron chi connectivity index (χ0n) is 17.1. The summed E-state index contributed by atoms with van der Waals surface area (Å²) < 4.78 is 0. The molecule has 0 unspecified atom stereocenters. The molecule has 6 nitrogen and oxygen atoms in total. The van der Waals surface area contributed by atoms with Gasteiger partial charge in [-0.2, -0.15) is 0 Å². The van der Waals surface area contributed by atoms with Crippen LogP contribution in [0.25, 0.3) is 0 Å². The lowest BCUT2D eigenvalue weighted by Gasteiger charge is -2.21. The highest BCUT2D eigenvalue weighted by molar-refractivity contribution is 5.93. The number of carbonyl (C=O) groups excluding carboxylic acids is 1. The van der Waals surface area contributed by atoms with Crippen LogP contribution >= 0.6 is 0 Å². The van der Waals surface area contributed by atoms with E-state index in [1.165, 1.54) is 5.69 Å². The van der Waals surface area contributed by atoms with Crippen molar-refractivity contribution in [3.05, 3.63) is 41.9 Å². The second kappa shape index (κ2) is 9.90. The van der Waals surface area contributed by atoms with Gasteiger partial charge in [0.05, 0.1) is 0 Å². The Morgan fingerprint density at radius 3 is 2.33 bits per heavy atom. The van der Waals surface area contributed by atoms with Crippen LogP contribution in [0.4, 0.5) is 17.2 Å². The zero-order chi connectivity index (χ0) is 19.8. The lowest BCUT2D eigenvalue weighted by Crippen LogP contribution is -2.28. The maximum atomic E-state index is 12.6. The molecule has 2 aromatic rings. The summed E-state index contributed by atoms with van der Waals surface area (Å²) in [5.74, 6) is 1.13. The molecule has 0 saturated heterocycles. The first-order valence-corrected chi connectivity index (χ1v) is 9.71. The highest BCUT2D eigenvalue weighted by atomic mass is 16.2. The van der Waals surface area contributed by atoms with Crippen molar-refractivity contribution in [3.8, 4) is 0 Å². The van der Waals surface area contributed by atoms with E-state index in [2.05, 4.69) is 53.1 Å². The lowest BCUT2D eigenvalue weighted by atomic mass is 10.2. The van der Waals surface area contributed by atoms with Crippen molar-refractivity contribution in [2.24, 2.45) is 0 Å². The third kappa shape index (κ3) is 5.67. The average molecular weight is 370 g/mol. The Morgan fingerprint density at radius 1 is 1.07 bits per heavy atom. The Labute approximate surface area is 162 Å². The predicted molar refractivity (Wildman–Crippen MR) is 112 cm³/mol. The van der Waals surface area contributed by atoms with Crippen LogP contribution in [0.3, 0.4) is 0 Å². The summed E-state index contributed by atoms with van der Waals surface area (Å²) in [4.78, 5) is 25.3. The van der Waals surface area contributed by atoms with Gasteiger partial charge < -0.3 is 15.1 Å². The molecule has 1 N–H and O–H groups in total. The van der Waals surface area contributed by atoms with Gasteiger partial charge in [-0.25, -0.2) is 9.97 Å². The summed E-state index contributed by atoms with van der Waals surface area (Å²) in [7, 11) is 1.81. The van der Waals surface area contributed by atoms with Crippen molar-refractivity contribution in [1.29, 1.82) is 0 Å². The molecule has 2 rings (SSSR count). The number of rotatable bonds is 9. The lowest BCUT2D eigenvalue weighted by molar-refractivity contribution is 0.0787. The van der Waals surface area contributed by atoms with Gasteiger partial charge in [-0.15, -0.1) is 0 Å². The van der Waals surface area contributed by atoms with Gasteiger partial charge in [0.15, 0.2) is 0 Å². The van der Waals surface area contributed by atoms with E-state index in [0.29, 0.717) is 17.3 Å². The monoisotopic (exact) mass is 369 g/mol. The molecule has 1 aromatic heterocycles. The molecule has 0 bridgehead atoms. The van der Waals surface area contributed by atoms with Crippen molar-refractivity contribution in [2.45, 2.75) is 40.5 Å². The number of aromatic nitrogens is 2. The van der Waals surface area contributed by atoms with E-state index in [9.17, 15) is 4.79 Å². The Hall–Kier alpha value is -2.63. The maximum absolute atomic E-state index is 12.6. The summed E-state index contributed by atoms with van der Waals surface area (Å²) in [6.07, 6.45) is 2.03. The van der Waals surface area contributed by atoms with E-state index in [4.69, 9.17) is 0 Å². The molecule has 6 heteroatoms. The molecule has 0 spiro atoms. The standard InChI is InChI=1S/C21H31N5O/c1-6-9-14-25(5)21(27)19-15-20(23-16(4)22-19)24-17-10-12-18(13-11-17)26(7-2)8-3/h10-13,15H,6-9,14H2,1-5H3,(H,22,23,24). The van der Waals surface area contributed by atoms with E-state index in [-0.39, 0.29) is 5.91 Å². The zero-order valence-corrected chi connectivity index (χ0v) is 17.1. The molecule has 146 valence electrons. The Bertz CT molecular complexity index is 741. The van der Waals surface area contributed by atoms with E-state index >= 15 is 0 Å². The van der Waals surface area contributed by atoms with Crippen LogP contribution in [-0.4, -0.2) is 47.5 Å². The Morgan fingerprint density at radius 2 is 1.74 bits per heavy atom. The number of anilines is 3. The Balaban J connectivity index is 2.15.